The molecule has 1 saturated heterocycles. The summed E-state index contributed by atoms with van der Waals surface area (Å²) in [5, 5.41) is 3.19. The summed E-state index contributed by atoms with van der Waals surface area (Å²) in [4.78, 5) is 0. The highest BCUT2D eigenvalue weighted by molar-refractivity contribution is 7.87. The van der Waals surface area contributed by atoms with Crippen LogP contribution in [0.4, 0.5) is 0 Å². The van der Waals surface area contributed by atoms with E-state index in [0.717, 1.165) is 19.5 Å². The van der Waals surface area contributed by atoms with Crippen molar-refractivity contribution in [1.29, 1.82) is 0 Å². The van der Waals surface area contributed by atoms with Crippen molar-refractivity contribution >= 4 is 10.2 Å². The zero-order chi connectivity index (χ0) is 9.90. The normalized spacial score (nSPS) is 24.1. The third-order valence-electron chi connectivity index (χ3n) is 2.20. The van der Waals surface area contributed by atoms with Crippen LogP contribution in [0.2, 0.25) is 0 Å². The standard InChI is InChI=1S/C7H17N3O2S/c1-10(2)13(11,12)9-6-7-3-4-8-5-7/h7-9H,3-6H2,1-2H3. The Balaban J connectivity index is 2.33. The molecule has 0 saturated carbocycles. The molecule has 0 amide bonds. The van der Waals surface area contributed by atoms with Crippen molar-refractivity contribution in [2.24, 2.45) is 5.92 Å². The van der Waals surface area contributed by atoms with Crippen molar-refractivity contribution in [2.75, 3.05) is 33.7 Å². The number of hydrogen-bond donors (Lipinski definition) is 2. The summed E-state index contributed by atoms with van der Waals surface area (Å²) in [6.45, 7) is 2.44. The molecule has 6 heteroatoms. The lowest BCUT2D eigenvalue weighted by Crippen LogP contribution is -2.38. The van der Waals surface area contributed by atoms with Crippen molar-refractivity contribution in [1.82, 2.24) is 14.3 Å². The average Bonchev–Trinajstić information content (AvgIpc) is 2.52. The molecule has 5 nitrogen and oxygen atoms in total. The Kier molecular flexibility index (Phi) is 3.66. The Morgan fingerprint density at radius 1 is 1.54 bits per heavy atom. The second-order valence-electron chi connectivity index (χ2n) is 3.49. The summed E-state index contributed by atoms with van der Waals surface area (Å²) >= 11 is 0. The van der Waals surface area contributed by atoms with Crippen molar-refractivity contribution < 1.29 is 8.42 Å². The Bertz CT molecular complexity index is 244. The molecule has 1 fully saturated rings. The molecule has 1 heterocycles. The van der Waals surface area contributed by atoms with Gasteiger partial charge in [-0.3, -0.25) is 0 Å². The largest absolute Gasteiger partial charge is 0.316 e. The van der Waals surface area contributed by atoms with E-state index in [9.17, 15) is 8.42 Å². The van der Waals surface area contributed by atoms with Crippen molar-refractivity contribution in [3.05, 3.63) is 0 Å². The van der Waals surface area contributed by atoms with E-state index in [1.807, 2.05) is 0 Å². The topological polar surface area (TPSA) is 61.4 Å². The molecule has 0 aromatic carbocycles. The number of nitrogens with zero attached hydrogens (tertiary/aromatic N) is 1. The number of nitrogens with one attached hydrogen (secondary N) is 2. The lowest BCUT2D eigenvalue weighted by Gasteiger charge is -2.14. The average molecular weight is 207 g/mol. The fourth-order valence-electron chi connectivity index (χ4n) is 1.24. The number of rotatable bonds is 4. The Morgan fingerprint density at radius 2 is 2.23 bits per heavy atom. The molecule has 1 unspecified atom stereocenters. The van der Waals surface area contributed by atoms with Crippen molar-refractivity contribution in [3.8, 4) is 0 Å². The molecule has 0 radical (unpaired) electrons. The molecule has 13 heavy (non-hydrogen) atoms. The van der Waals surface area contributed by atoms with E-state index in [2.05, 4.69) is 10.0 Å². The fraction of sp³-hybridized carbons (Fsp3) is 1.00. The summed E-state index contributed by atoms with van der Waals surface area (Å²) < 4.78 is 26.3. The molecule has 0 spiro atoms. The molecule has 1 aliphatic heterocycles. The van der Waals surface area contributed by atoms with Crippen LogP contribution in [0.25, 0.3) is 0 Å². The minimum absolute atomic E-state index is 0.440. The highest BCUT2D eigenvalue weighted by atomic mass is 32.2. The second kappa shape index (κ2) is 4.36. The van der Waals surface area contributed by atoms with Gasteiger partial charge < -0.3 is 5.32 Å². The lowest BCUT2D eigenvalue weighted by atomic mass is 10.1. The predicted octanol–water partition coefficient (Wildman–Crippen LogP) is -1.01. The Labute approximate surface area is 79.7 Å². The molecule has 0 aromatic rings. The maximum absolute atomic E-state index is 11.3. The van der Waals surface area contributed by atoms with Gasteiger partial charge in [-0.1, -0.05) is 0 Å². The molecule has 0 bridgehead atoms. The first-order valence-electron chi connectivity index (χ1n) is 4.40. The van der Waals surface area contributed by atoms with Crippen molar-refractivity contribution in [3.63, 3.8) is 0 Å². The summed E-state index contributed by atoms with van der Waals surface area (Å²) in [6, 6.07) is 0. The van der Waals surface area contributed by atoms with Crippen LogP contribution < -0.4 is 10.0 Å². The van der Waals surface area contributed by atoms with Gasteiger partial charge >= 0.3 is 0 Å². The van der Waals surface area contributed by atoms with E-state index >= 15 is 0 Å². The van der Waals surface area contributed by atoms with E-state index in [0.29, 0.717) is 12.5 Å². The Morgan fingerprint density at radius 3 is 2.69 bits per heavy atom. The zero-order valence-corrected chi connectivity index (χ0v) is 8.89. The molecule has 2 N–H and O–H groups in total. The van der Waals surface area contributed by atoms with Crippen LogP contribution in [0.3, 0.4) is 0 Å². The smallest absolute Gasteiger partial charge is 0.278 e. The fourth-order valence-corrected chi connectivity index (χ4v) is 1.95. The number of hydrogen-bond acceptors (Lipinski definition) is 3. The van der Waals surface area contributed by atoms with Gasteiger partial charge in [-0.25, -0.2) is 4.72 Å². The van der Waals surface area contributed by atoms with E-state index in [1.165, 1.54) is 18.4 Å². The van der Waals surface area contributed by atoms with Crippen LogP contribution in [0.15, 0.2) is 0 Å². The van der Waals surface area contributed by atoms with E-state index in [1.54, 1.807) is 0 Å². The van der Waals surface area contributed by atoms with Gasteiger partial charge in [-0.05, 0) is 25.4 Å². The van der Waals surface area contributed by atoms with Gasteiger partial charge in [0.05, 0.1) is 0 Å². The van der Waals surface area contributed by atoms with Gasteiger partial charge in [0.2, 0.25) is 0 Å². The van der Waals surface area contributed by atoms with Crippen LogP contribution in [-0.2, 0) is 10.2 Å². The van der Waals surface area contributed by atoms with Crippen LogP contribution in [0, 0.1) is 5.92 Å². The highest BCUT2D eigenvalue weighted by Crippen LogP contribution is 2.06. The highest BCUT2D eigenvalue weighted by Gasteiger charge is 2.18. The monoisotopic (exact) mass is 207 g/mol. The predicted molar refractivity (Wildman–Crippen MR) is 51.6 cm³/mol. The van der Waals surface area contributed by atoms with Gasteiger partial charge in [-0.15, -0.1) is 0 Å². The molecule has 1 aliphatic rings. The van der Waals surface area contributed by atoms with Gasteiger partial charge in [0, 0.05) is 20.6 Å². The van der Waals surface area contributed by atoms with E-state index in [4.69, 9.17) is 0 Å². The minimum Gasteiger partial charge on any atom is -0.316 e. The Hall–Kier alpha value is -0.170. The third kappa shape index (κ3) is 3.22. The third-order valence-corrected chi connectivity index (χ3v) is 3.69. The first-order chi connectivity index (χ1) is 6.02. The summed E-state index contributed by atoms with van der Waals surface area (Å²) in [6.07, 6.45) is 1.05. The van der Waals surface area contributed by atoms with Crippen LogP contribution in [0.1, 0.15) is 6.42 Å². The van der Waals surface area contributed by atoms with E-state index in [-0.39, 0.29) is 0 Å². The van der Waals surface area contributed by atoms with Gasteiger partial charge in [0.1, 0.15) is 0 Å². The van der Waals surface area contributed by atoms with Gasteiger partial charge in [0.15, 0.2) is 0 Å². The lowest BCUT2D eigenvalue weighted by molar-refractivity contribution is 0.487. The van der Waals surface area contributed by atoms with Gasteiger partial charge in [0.25, 0.3) is 10.2 Å². The first-order valence-corrected chi connectivity index (χ1v) is 5.84. The summed E-state index contributed by atoms with van der Waals surface area (Å²) in [5.41, 5.74) is 0. The maximum Gasteiger partial charge on any atom is 0.278 e. The van der Waals surface area contributed by atoms with E-state index < -0.39 is 10.2 Å². The molecule has 1 atom stereocenters. The maximum atomic E-state index is 11.3. The summed E-state index contributed by atoms with van der Waals surface area (Å²) in [7, 11) is -0.184. The second-order valence-corrected chi connectivity index (χ2v) is 5.46. The quantitative estimate of drug-likeness (QED) is 0.621. The summed E-state index contributed by atoms with van der Waals surface area (Å²) in [5.74, 6) is 0.440. The van der Waals surface area contributed by atoms with Crippen LogP contribution in [-0.4, -0.2) is 46.5 Å². The van der Waals surface area contributed by atoms with Gasteiger partial charge in [-0.2, -0.15) is 12.7 Å². The molecule has 0 aromatic heterocycles. The first kappa shape index (κ1) is 10.9. The van der Waals surface area contributed by atoms with Crippen LogP contribution >= 0.6 is 0 Å². The minimum atomic E-state index is -3.23. The molecular formula is C7H17N3O2S. The van der Waals surface area contributed by atoms with Crippen LogP contribution in [0.5, 0.6) is 0 Å². The molecule has 0 aliphatic carbocycles. The SMILES string of the molecule is CN(C)S(=O)(=O)NCC1CCNC1. The zero-order valence-electron chi connectivity index (χ0n) is 8.08. The molecule has 78 valence electrons. The van der Waals surface area contributed by atoms with Crippen molar-refractivity contribution in [2.45, 2.75) is 6.42 Å². The molecular weight excluding hydrogens is 190 g/mol. The molecule has 1 rings (SSSR count).